The van der Waals surface area contributed by atoms with Gasteiger partial charge in [0.15, 0.2) is 0 Å². The first-order chi connectivity index (χ1) is 7.70. The predicted molar refractivity (Wildman–Crippen MR) is 67.6 cm³/mol. The Morgan fingerprint density at radius 1 is 1.38 bits per heavy atom. The standard InChI is InChI=1S/C14H27NO/c1-12(2)15-9-3-5-13-6-10-16-14(11-13)7-4-8-14/h12-13,15H,3-11H2,1-2H3. The monoisotopic (exact) mass is 225 g/mol. The molecule has 1 atom stereocenters. The third-order valence-electron chi connectivity index (χ3n) is 4.20. The van der Waals surface area contributed by atoms with E-state index in [9.17, 15) is 0 Å². The molecule has 1 aliphatic heterocycles. The predicted octanol–water partition coefficient (Wildman–Crippen LogP) is 3.11. The van der Waals surface area contributed by atoms with E-state index >= 15 is 0 Å². The third kappa shape index (κ3) is 3.21. The van der Waals surface area contributed by atoms with Crippen molar-refractivity contribution in [3.63, 3.8) is 0 Å². The zero-order valence-electron chi connectivity index (χ0n) is 10.9. The van der Waals surface area contributed by atoms with E-state index in [-0.39, 0.29) is 0 Å². The van der Waals surface area contributed by atoms with Gasteiger partial charge in [0.1, 0.15) is 0 Å². The highest BCUT2D eigenvalue weighted by Crippen LogP contribution is 2.45. The van der Waals surface area contributed by atoms with E-state index in [0.29, 0.717) is 11.6 Å². The van der Waals surface area contributed by atoms with Gasteiger partial charge < -0.3 is 10.1 Å². The fourth-order valence-electron chi connectivity index (χ4n) is 3.08. The Hall–Kier alpha value is -0.0800. The molecule has 0 aromatic rings. The van der Waals surface area contributed by atoms with Gasteiger partial charge in [-0.15, -0.1) is 0 Å². The minimum absolute atomic E-state index is 0.342. The van der Waals surface area contributed by atoms with Crippen molar-refractivity contribution >= 4 is 0 Å². The molecule has 2 aliphatic rings. The number of hydrogen-bond acceptors (Lipinski definition) is 2. The fourth-order valence-corrected chi connectivity index (χ4v) is 3.08. The highest BCUT2D eigenvalue weighted by molar-refractivity contribution is 4.93. The molecule has 2 heteroatoms. The zero-order valence-corrected chi connectivity index (χ0v) is 10.9. The molecule has 1 aliphatic carbocycles. The molecular formula is C14H27NO. The number of nitrogens with one attached hydrogen (secondary N) is 1. The molecule has 16 heavy (non-hydrogen) atoms. The van der Waals surface area contributed by atoms with Crippen LogP contribution in [0.4, 0.5) is 0 Å². The smallest absolute Gasteiger partial charge is 0.0685 e. The van der Waals surface area contributed by atoms with Gasteiger partial charge in [-0.1, -0.05) is 13.8 Å². The molecule has 0 amide bonds. The van der Waals surface area contributed by atoms with Gasteiger partial charge in [-0.25, -0.2) is 0 Å². The van der Waals surface area contributed by atoms with Gasteiger partial charge in [0.05, 0.1) is 5.60 Å². The summed E-state index contributed by atoms with van der Waals surface area (Å²) in [5.74, 6) is 0.933. The lowest BCUT2D eigenvalue weighted by molar-refractivity contribution is -0.144. The molecule has 1 unspecified atom stereocenters. The van der Waals surface area contributed by atoms with Gasteiger partial charge in [-0.05, 0) is 57.4 Å². The summed E-state index contributed by atoms with van der Waals surface area (Å²) in [6, 6.07) is 0.632. The minimum atomic E-state index is 0.342. The van der Waals surface area contributed by atoms with Crippen LogP contribution in [0.3, 0.4) is 0 Å². The van der Waals surface area contributed by atoms with Crippen molar-refractivity contribution < 1.29 is 4.74 Å². The number of hydrogen-bond donors (Lipinski definition) is 1. The second-order valence-electron chi connectivity index (χ2n) is 5.99. The van der Waals surface area contributed by atoms with Crippen LogP contribution in [-0.2, 0) is 4.74 Å². The first-order valence-electron chi connectivity index (χ1n) is 7.08. The Balaban J connectivity index is 1.62. The summed E-state index contributed by atoms with van der Waals surface area (Å²) in [5.41, 5.74) is 0.342. The molecule has 94 valence electrons. The molecule has 1 saturated heterocycles. The lowest BCUT2D eigenvalue weighted by Crippen LogP contribution is -2.45. The highest BCUT2D eigenvalue weighted by Gasteiger charge is 2.42. The van der Waals surface area contributed by atoms with E-state index in [0.717, 1.165) is 12.5 Å². The normalized spacial score (nSPS) is 28.3. The summed E-state index contributed by atoms with van der Waals surface area (Å²) in [6.45, 7) is 6.64. The van der Waals surface area contributed by atoms with Gasteiger partial charge in [-0.2, -0.15) is 0 Å². The second kappa shape index (κ2) is 5.50. The molecule has 1 saturated carbocycles. The molecule has 1 N–H and O–H groups in total. The van der Waals surface area contributed by atoms with Crippen molar-refractivity contribution in [2.24, 2.45) is 5.92 Å². The lowest BCUT2D eigenvalue weighted by Gasteiger charge is -2.47. The van der Waals surface area contributed by atoms with Crippen LogP contribution in [0.1, 0.15) is 58.8 Å². The fraction of sp³-hybridized carbons (Fsp3) is 1.00. The topological polar surface area (TPSA) is 21.3 Å². The number of ether oxygens (including phenoxy) is 1. The van der Waals surface area contributed by atoms with Crippen LogP contribution >= 0.6 is 0 Å². The quantitative estimate of drug-likeness (QED) is 0.726. The Morgan fingerprint density at radius 2 is 2.19 bits per heavy atom. The van der Waals surface area contributed by atoms with Crippen LogP contribution in [0, 0.1) is 5.92 Å². The van der Waals surface area contributed by atoms with Crippen molar-refractivity contribution in [1.82, 2.24) is 5.32 Å². The molecular weight excluding hydrogens is 198 g/mol. The van der Waals surface area contributed by atoms with Gasteiger partial charge >= 0.3 is 0 Å². The summed E-state index contributed by atoms with van der Waals surface area (Å²) >= 11 is 0. The summed E-state index contributed by atoms with van der Waals surface area (Å²) in [6.07, 6.45) is 9.41. The van der Waals surface area contributed by atoms with E-state index in [1.54, 1.807) is 0 Å². The second-order valence-corrected chi connectivity index (χ2v) is 5.99. The number of rotatable bonds is 5. The highest BCUT2D eigenvalue weighted by atomic mass is 16.5. The minimum Gasteiger partial charge on any atom is -0.375 e. The van der Waals surface area contributed by atoms with E-state index in [1.165, 1.54) is 51.5 Å². The maximum Gasteiger partial charge on any atom is 0.0685 e. The van der Waals surface area contributed by atoms with Crippen LogP contribution in [0.2, 0.25) is 0 Å². The Kier molecular flexibility index (Phi) is 4.26. The average Bonchev–Trinajstić information content (AvgIpc) is 2.22. The first-order valence-corrected chi connectivity index (χ1v) is 7.08. The van der Waals surface area contributed by atoms with Crippen molar-refractivity contribution in [2.75, 3.05) is 13.2 Å². The first kappa shape index (κ1) is 12.4. The van der Waals surface area contributed by atoms with Crippen LogP contribution < -0.4 is 5.32 Å². The molecule has 1 heterocycles. The Morgan fingerprint density at radius 3 is 2.81 bits per heavy atom. The average molecular weight is 225 g/mol. The van der Waals surface area contributed by atoms with Crippen LogP contribution in [0.15, 0.2) is 0 Å². The molecule has 2 rings (SSSR count). The summed E-state index contributed by atoms with van der Waals surface area (Å²) in [4.78, 5) is 0. The largest absolute Gasteiger partial charge is 0.375 e. The van der Waals surface area contributed by atoms with E-state index < -0.39 is 0 Å². The Bertz CT molecular complexity index is 211. The molecule has 2 nitrogen and oxygen atoms in total. The maximum absolute atomic E-state index is 5.96. The molecule has 0 aromatic heterocycles. The SMILES string of the molecule is CC(C)NCCCC1CCOC2(CCC2)C1. The molecule has 0 aromatic carbocycles. The maximum atomic E-state index is 5.96. The van der Waals surface area contributed by atoms with Crippen molar-refractivity contribution in [3.8, 4) is 0 Å². The Labute approximate surface area is 100 Å². The van der Waals surface area contributed by atoms with Gasteiger partial charge in [0, 0.05) is 12.6 Å². The van der Waals surface area contributed by atoms with Crippen LogP contribution in [-0.4, -0.2) is 24.8 Å². The van der Waals surface area contributed by atoms with Crippen molar-refractivity contribution in [2.45, 2.75) is 70.4 Å². The van der Waals surface area contributed by atoms with Crippen LogP contribution in [0.5, 0.6) is 0 Å². The van der Waals surface area contributed by atoms with E-state index in [1.807, 2.05) is 0 Å². The summed E-state index contributed by atoms with van der Waals surface area (Å²) in [5, 5.41) is 3.50. The van der Waals surface area contributed by atoms with Crippen molar-refractivity contribution in [1.29, 1.82) is 0 Å². The van der Waals surface area contributed by atoms with Gasteiger partial charge in [0.2, 0.25) is 0 Å². The molecule has 0 radical (unpaired) electrons. The zero-order chi connectivity index (χ0) is 11.4. The van der Waals surface area contributed by atoms with E-state index in [2.05, 4.69) is 19.2 Å². The third-order valence-corrected chi connectivity index (χ3v) is 4.20. The molecule has 1 spiro atoms. The van der Waals surface area contributed by atoms with E-state index in [4.69, 9.17) is 4.74 Å². The summed E-state index contributed by atoms with van der Waals surface area (Å²) < 4.78 is 5.96. The van der Waals surface area contributed by atoms with Gasteiger partial charge in [0.25, 0.3) is 0 Å². The molecule has 2 fully saturated rings. The van der Waals surface area contributed by atoms with Crippen LogP contribution in [0.25, 0.3) is 0 Å². The van der Waals surface area contributed by atoms with Gasteiger partial charge in [-0.3, -0.25) is 0 Å². The molecule has 0 bridgehead atoms. The van der Waals surface area contributed by atoms with Crippen molar-refractivity contribution in [3.05, 3.63) is 0 Å². The summed E-state index contributed by atoms with van der Waals surface area (Å²) in [7, 11) is 0. The lowest BCUT2D eigenvalue weighted by atomic mass is 9.71.